The maximum atomic E-state index is 4.18. The Morgan fingerprint density at radius 1 is 0.913 bits per heavy atom. The molecule has 0 bridgehead atoms. The van der Waals surface area contributed by atoms with Crippen molar-refractivity contribution in [1.82, 2.24) is 15.1 Å². The van der Waals surface area contributed by atoms with Gasteiger partial charge < -0.3 is 0 Å². The van der Waals surface area contributed by atoms with Gasteiger partial charge in [0.25, 0.3) is 0 Å². The van der Waals surface area contributed by atoms with Crippen molar-refractivity contribution in [1.29, 1.82) is 0 Å². The molecule has 0 saturated heterocycles. The largest absolute Gasteiger partial charge is 0.290 e. The predicted molar refractivity (Wildman–Crippen MR) is 98.4 cm³/mol. The third-order valence-electron chi connectivity index (χ3n) is 5.34. The van der Waals surface area contributed by atoms with Crippen molar-refractivity contribution < 1.29 is 0 Å². The van der Waals surface area contributed by atoms with E-state index in [1.54, 1.807) is 0 Å². The SMILES string of the molecule is CCCCCCCC(CCCCCCC)N1Cc2cn[nH]c2C1. The number of rotatable bonds is 13. The van der Waals surface area contributed by atoms with Crippen LogP contribution in [-0.2, 0) is 13.1 Å². The van der Waals surface area contributed by atoms with Gasteiger partial charge in [0.2, 0.25) is 0 Å². The number of hydrogen-bond donors (Lipinski definition) is 1. The molecule has 1 aromatic heterocycles. The van der Waals surface area contributed by atoms with E-state index < -0.39 is 0 Å². The Hall–Kier alpha value is -0.830. The smallest absolute Gasteiger partial charge is 0.0537 e. The van der Waals surface area contributed by atoms with Gasteiger partial charge in [-0.25, -0.2) is 0 Å². The highest BCUT2D eigenvalue weighted by atomic mass is 15.2. The highest BCUT2D eigenvalue weighted by Gasteiger charge is 2.26. The zero-order valence-corrected chi connectivity index (χ0v) is 15.4. The first-order valence-corrected chi connectivity index (χ1v) is 10.1. The van der Waals surface area contributed by atoms with Crippen molar-refractivity contribution in [2.75, 3.05) is 0 Å². The molecule has 132 valence electrons. The summed E-state index contributed by atoms with van der Waals surface area (Å²) in [5, 5.41) is 7.36. The highest BCUT2D eigenvalue weighted by Crippen LogP contribution is 2.27. The lowest BCUT2D eigenvalue weighted by molar-refractivity contribution is 0.169. The molecule has 0 saturated carbocycles. The molecule has 0 radical (unpaired) electrons. The molecule has 0 aromatic carbocycles. The van der Waals surface area contributed by atoms with Gasteiger partial charge in [0.1, 0.15) is 0 Å². The number of aromatic amines is 1. The third kappa shape index (κ3) is 6.29. The van der Waals surface area contributed by atoms with Gasteiger partial charge in [0.15, 0.2) is 0 Å². The normalized spacial score (nSPS) is 14.7. The van der Waals surface area contributed by atoms with E-state index in [0.717, 1.165) is 19.1 Å². The molecule has 0 aliphatic carbocycles. The van der Waals surface area contributed by atoms with E-state index >= 15 is 0 Å². The van der Waals surface area contributed by atoms with E-state index in [4.69, 9.17) is 0 Å². The van der Waals surface area contributed by atoms with Crippen LogP contribution in [0.15, 0.2) is 6.20 Å². The van der Waals surface area contributed by atoms with E-state index in [-0.39, 0.29) is 0 Å². The summed E-state index contributed by atoms with van der Waals surface area (Å²) in [7, 11) is 0. The molecular formula is C20H37N3. The molecular weight excluding hydrogens is 282 g/mol. The lowest BCUT2D eigenvalue weighted by Crippen LogP contribution is -2.31. The summed E-state index contributed by atoms with van der Waals surface area (Å²) in [5.74, 6) is 0. The molecule has 0 amide bonds. The predicted octanol–water partition coefficient (Wildman–Crippen LogP) is 5.81. The molecule has 2 rings (SSSR count). The summed E-state index contributed by atoms with van der Waals surface area (Å²) in [6, 6.07) is 0.777. The minimum atomic E-state index is 0.777. The Balaban J connectivity index is 1.73. The fraction of sp³-hybridized carbons (Fsp3) is 0.850. The van der Waals surface area contributed by atoms with E-state index in [1.807, 2.05) is 6.20 Å². The fourth-order valence-electron chi connectivity index (χ4n) is 3.82. The van der Waals surface area contributed by atoms with Crippen LogP contribution >= 0.6 is 0 Å². The third-order valence-corrected chi connectivity index (χ3v) is 5.34. The summed E-state index contributed by atoms with van der Waals surface area (Å²) in [6.45, 7) is 6.79. The van der Waals surface area contributed by atoms with Crippen LogP contribution in [0.3, 0.4) is 0 Å². The average molecular weight is 320 g/mol. The number of unbranched alkanes of at least 4 members (excludes halogenated alkanes) is 8. The quantitative estimate of drug-likeness (QED) is 0.465. The van der Waals surface area contributed by atoms with Gasteiger partial charge in [-0.15, -0.1) is 0 Å². The van der Waals surface area contributed by atoms with Crippen LogP contribution in [0.25, 0.3) is 0 Å². The zero-order valence-electron chi connectivity index (χ0n) is 15.4. The first-order chi connectivity index (χ1) is 11.3. The van der Waals surface area contributed by atoms with Crippen molar-refractivity contribution in [3.8, 4) is 0 Å². The second-order valence-corrected chi connectivity index (χ2v) is 7.34. The zero-order chi connectivity index (χ0) is 16.3. The molecule has 23 heavy (non-hydrogen) atoms. The number of H-pyrrole nitrogens is 1. The van der Waals surface area contributed by atoms with E-state index in [9.17, 15) is 0 Å². The molecule has 1 aliphatic rings. The fourth-order valence-corrected chi connectivity index (χ4v) is 3.82. The summed E-state index contributed by atoms with van der Waals surface area (Å²) in [5.41, 5.74) is 2.78. The molecule has 1 aromatic rings. The van der Waals surface area contributed by atoms with Crippen molar-refractivity contribution in [3.63, 3.8) is 0 Å². The summed E-state index contributed by atoms with van der Waals surface area (Å²) in [4.78, 5) is 2.70. The van der Waals surface area contributed by atoms with Gasteiger partial charge in [-0.05, 0) is 12.8 Å². The lowest BCUT2D eigenvalue weighted by Gasteiger charge is -2.28. The van der Waals surface area contributed by atoms with Crippen LogP contribution in [0, 0.1) is 0 Å². The number of aromatic nitrogens is 2. The molecule has 2 heterocycles. The van der Waals surface area contributed by atoms with Gasteiger partial charge in [-0.2, -0.15) is 5.10 Å². The van der Waals surface area contributed by atoms with Gasteiger partial charge in [0, 0.05) is 24.7 Å². The Kier molecular flexibility index (Phi) is 8.73. The van der Waals surface area contributed by atoms with E-state index in [0.29, 0.717) is 0 Å². The first kappa shape index (κ1) is 18.5. The molecule has 1 N–H and O–H groups in total. The van der Waals surface area contributed by atoms with Crippen molar-refractivity contribution in [2.45, 2.75) is 110 Å². The molecule has 0 atom stereocenters. The van der Waals surface area contributed by atoms with Crippen LogP contribution < -0.4 is 0 Å². The molecule has 0 fully saturated rings. The maximum absolute atomic E-state index is 4.18. The van der Waals surface area contributed by atoms with Crippen LogP contribution in [0.4, 0.5) is 0 Å². The van der Waals surface area contributed by atoms with Crippen LogP contribution in [0.5, 0.6) is 0 Å². The molecule has 3 heteroatoms. The van der Waals surface area contributed by atoms with Crippen LogP contribution in [0.1, 0.15) is 102 Å². The Morgan fingerprint density at radius 2 is 1.52 bits per heavy atom. The second kappa shape index (κ2) is 10.9. The topological polar surface area (TPSA) is 31.9 Å². The standard InChI is InChI=1S/C20H37N3/c1-3-5-7-9-11-13-19(14-12-10-8-6-4-2)23-16-18-15-21-22-20(18)17-23/h15,19H,3-14,16-17H2,1-2H3,(H,21,22). The van der Waals surface area contributed by atoms with E-state index in [1.165, 1.54) is 88.3 Å². The lowest BCUT2D eigenvalue weighted by atomic mass is 9.99. The van der Waals surface area contributed by atoms with Crippen molar-refractivity contribution >= 4 is 0 Å². The number of nitrogens with zero attached hydrogens (tertiary/aromatic N) is 2. The highest BCUT2D eigenvalue weighted by molar-refractivity contribution is 5.20. The van der Waals surface area contributed by atoms with Gasteiger partial charge in [-0.1, -0.05) is 78.1 Å². The van der Waals surface area contributed by atoms with Gasteiger partial charge in [-0.3, -0.25) is 10.00 Å². The van der Waals surface area contributed by atoms with Gasteiger partial charge >= 0.3 is 0 Å². The summed E-state index contributed by atoms with van der Waals surface area (Å²) >= 11 is 0. The molecule has 3 nitrogen and oxygen atoms in total. The Morgan fingerprint density at radius 3 is 2.09 bits per heavy atom. The Labute approximate surface area is 143 Å². The molecule has 0 unspecified atom stereocenters. The second-order valence-electron chi connectivity index (χ2n) is 7.34. The minimum absolute atomic E-state index is 0.777. The number of nitrogens with one attached hydrogen (secondary N) is 1. The summed E-state index contributed by atoms with van der Waals surface area (Å²) < 4.78 is 0. The number of hydrogen-bond acceptors (Lipinski definition) is 2. The first-order valence-electron chi connectivity index (χ1n) is 10.1. The van der Waals surface area contributed by atoms with Crippen LogP contribution in [0.2, 0.25) is 0 Å². The molecule has 0 spiro atoms. The Bertz CT molecular complexity index is 378. The van der Waals surface area contributed by atoms with Crippen molar-refractivity contribution in [3.05, 3.63) is 17.5 Å². The van der Waals surface area contributed by atoms with Gasteiger partial charge in [0.05, 0.1) is 11.9 Å². The number of fused-ring (bicyclic) bond motifs is 1. The average Bonchev–Trinajstić information content (AvgIpc) is 3.14. The monoisotopic (exact) mass is 319 g/mol. The minimum Gasteiger partial charge on any atom is -0.290 e. The van der Waals surface area contributed by atoms with E-state index in [2.05, 4.69) is 28.9 Å². The van der Waals surface area contributed by atoms with Crippen LogP contribution in [-0.4, -0.2) is 21.1 Å². The molecule has 1 aliphatic heterocycles. The maximum Gasteiger partial charge on any atom is 0.0537 e. The summed E-state index contributed by atoms with van der Waals surface area (Å²) in [6.07, 6.45) is 18.8. The van der Waals surface area contributed by atoms with Crippen molar-refractivity contribution in [2.24, 2.45) is 0 Å².